The molecule has 0 unspecified atom stereocenters. The standard InChI is InChI=1S/C14H18N6/c1-2-6-12(5-1)18-14-19-13(10-17-20-14)16-9-11-4-3-7-15-8-11/h3-4,7-8,10,12H,1-2,5-6,9H2,(H2,16,18,19,20). The third kappa shape index (κ3) is 3.40. The molecule has 6 heteroatoms. The van der Waals surface area contributed by atoms with Gasteiger partial charge in [0.1, 0.15) is 0 Å². The van der Waals surface area contributed by atoms with Crippen LogP contribution in [0.15, 0.2) is 30.7 Å². The molecule has 0 spiro atoms. The molecule has 0 atom stereocenters. The first kappa shape index (κ1) is 12.8. The normalized spacial score (nSPS) is 15.2. The van der Waals surface area contributed by atoms with Crippen LogP contribution in [0.5, 0.6) is 0 Å². The van der Waals surface area contributed by atoms with E-state index < -0.39 is 0 Å². The summed E-state index contributed by atoms with van der Waals surface area (Å²) in [5.41, 5.74) is 1.11. The molecule has 2 aromatic rings. The Morgan fingerprint density at radius 1 is 1.20 bits per heavy atom. The fraction of sp³-hybridized carbons (Fsp3) is 0.429. The van der Waals surface area contributed by atoms with Crippen molar-refractivity contribution in [3.05, 3.63) is 36.3 Å². The minimum absolute atomic E-state index is 0.491. The van der Waals surface area contributed by atoms with Crippen LogP contribution in [-0.4, -0.2) is 26.2 Å². The van der Waals surface area contributed by atoms with Gasteiger partial charge in [0.25, 0.3) is 0 Å². The van der Waals surface area contributed by atoms with E-state index in [9.17, 15) is 0 Å². The Morgan fingerprint density at radius 3 is 2.90 bits per heavy atom. The summed E-state index contributed by atoms with van der Waals surface area (Å²) in [7, 11) is 0. The van der Waals surface area contributed by atoms with Crippen molar-refractivity contribution < 1.29 is 0 Å². The molecular formula is C14H18N6. The Kier molecular flexibility index (Phi) is 4.01. The second kappa shape index (κ2) is 6.27. The highest BCUT2D eigenvalue weighted by atomic mass is 15.3. The number of aromatic nitrogens is 4. The Hall–Kier alpha value is -2.24. The maximum Gasteiger partial charge on any atom is 0.244 e. The van der Waals surface area contributed by atoms with Gasteiger partial charge in [-0.25, -0.2) is 0 Å². The van der Waals surface area contributed by atoms with Crippen LogP contribution in [0.2, 0.25) is 0 Å². The first-order valence-corrected chi connectivity index (χ1v) is 6.99. The molecule has 0 saturated heterocycles. The van der Waals surface area contributed by atoms with E-state index in [0.717, 1.165) is 11.4 Å². The number of hydrogen-bond donors (Lipinski definition) is 2. The lowest BCUT2D eigenvalue weighted by Crippen LogP contribution is -2.17. The van der Waals surface area contributed by atoms with Gasteiger partial charge in [-0.1, -0.05) is 18.9 Å². The third-order valence-corrected chi connectivity index (χ3v) is 3.44. The second-order valence-corrected chi connectivity index (χ2v) is 5.01. The van der Waals surface area contributed by atoms with Gasteiger partial charge >= 0.3 is 0 Å². The van der Waals surface area contributed by atoms with E-state index in [1.54, 1.807) is 12.4 Å². The smallest absolute Gasteiger partial charge is 0.244 e. The largest absolute Gasteiger partial charge is 0.364 e. The van der Waals surface area contributed by atoms with Crippen molar-refractivity contribution in [2.45, 2.75) is 38.3 Å². The fourth-order valence-corrected chi connectivity index (χ4v) is 2.40. The highest BCUT2D eigenvalue weighted by Crippen LogP contribution is 2.20. The molecule has 2 heterocycles. The second-order valence-electron chi connectivity index (χ2n) is 5.01. The molecule has 2 aromatic heterocycles. The molecule has 1 aliphatic rings. The summed E-state index contributed by atoms with van der Waals surface area (Å²) >= 11 is 0. The van der Waals surface area contributed by atoms with E-state index in [0.29, 0.717) is 18.5 Å². The molecule has 6 nitrogen and oxygen atoms in total. The van der Waals surface area contributed by atoms with Gasteiger partial charge in [0, 0.05) is 25.0 Å². The van der Waals surface area contributed by atoms with Gasteiger partial charge in [0.15, 0.2) is 5.82 Å². The first-order valence-electron chi connectivity index (χ1n) is 6.99. The number of pyridine rings is 1. The van der Waals surface area contributed by atoms with Gasteiger partial charge < -0.3 is 10.6 Å². The predicted molar refractivity (Wildman–Crippen MR) is 77.3 cm³/mol. The van der Waals surface area contributed by atoms with Gasteiger partial charge in [-0.15, -0.1) is 5.10 Å². The van der Waals surface area contributed by atoms with E-state index >= 15 is 0 Å². The molecule has 1 aliphatic carbocycles. The van der Waals surface area contributed by atoms with E-state index in [1.807, 2.05) is 18.3 Å². The minimum atomic E-state index is 0.491. The van der Waals surface area contributed by atoms with Crippen molar-refractivity contribution in [3.63, 3.8) is 0 Å². The van der Waals surface area contributed by atoms with Crippen molar-refractivity contribution in [3.8, 4) is 0 Å². The maximum absolute atomic E-state index is 4.44. The molecule has 20 heavy (non-hydrogen) atoms. The zero-order valence-corrected chi connectivity index (χ0v) is 11.3. The molecule has 0 aliphatic heterocycles. The lowest BCUT2D eigenvalue weighted by atomic mass is 10.2. The molecule has 0 radical (unpaired) electrons. The van der Waals surface area contributed by atoms with Crippen LogP contribution in [0.4, 0.5) is 11.8 Å². The van der Waals surface area contributed by atoms with Crippen LogP contribution >= 0.6 is 0 Å². The molecule has 1 fully saturated rings. The van der Waals surface area contributed by atoms with Crippen molar-refractivity contribution >= 4 is 11.8 Å². The van der Waals surface area contributed by atoms with Crippen LogP contribution in [-0.2, 0) is 6.54 Å². The first-order chi connectivity index (χ1) is 9.90. The van der Waals surface area contributed by atoms with Gasteiger partial charge in [0.2, 0.25) is 5.95 Å². The molecule has 0 aromatic carbocycles. The van der Waals surface area contributed by atoms with Gasteiger partial charge in [-0.2, -0.15) is 10.1 Å². The van der Waals surface area contributed by atoms with Crippen molar-refractivity contribution in [1.82, 2.24) is 20.2 Å². The lowest BCUT2D eigenvalue weighted by molar-refractivity contribution is 0.737. The zero-order chi connectivity index (χ0) is 13.6. The summed E-state index contributed by atoms with van der Waals surface area (Å²) in [4.78, 5) is 8.52. The summed E-state index contributed by atoms with van der Waals surface area (Å²) in [6.45, 7) is 0.676. The summed E-state index contributed by atoms with van der Waals surface area (Å²) in [6, 6.07) is 4.43. The van der Waals surface area contributed by atoms with Crippen molar-refractivity contribution in [2.75, 3.05) is 10.6 Å². The third-order valence-electron chi connectivity index (χ3n) is 3.44. The molecule has 3 rings (SSSR count). The number of rotatable bonds is 5. The van der Waals surface area contributed by atoms with Crippen LogP contribution in [0.25, 0.3) is 0 Å². The molecular weight excluding hydrogens is 252 g/mol. The van der Waals surface area contributed by atoms with Crippen LogP contribution in [0.1, 0.15) is 31.2 Å². The maximum atomic E-state index is 4.44. The summed E-state index contributed by atoms with van der Waals surface area (Å²) in [6.07, 6.45) is 10.2. The Bertz CT molecular complexity index is 538. The molecule has 0 amide bonds. The van der Waals surface area contributed by atoms with Crippen molar-refractivity contribution in [1.29, 1.82) is 0 Å². The van der Waals surface area contributed by atoms with Crippen molar-refractivity contribution in [2.24, 2.45) is 0 Å². The zero-order valence-electron chi connectivity index (χ0n) is 11.3. The average Bonchev–Trinajstić information content (AvgIpc) is 3.00. The number of hydrogen-bond acceptors (Lipinski definition) is 6. The fourth-order valence-electron chi connectivity index (χ4n) is 2.40. The Morgan fingerprint density at radius 2 is 2.10 bits per heavy atom. The van der Waals surface area contributed by atoms with Gasteiger partial charge in [-0.05, 0) is 24.5 Å². The van der Waals surface area contributed by atoms with Crippen LogP contribution < -0.4 is 10.6 Å². The highest BCUT2D eigenvalue weighted by molar-refractivity contribution is 5.38. The van der Waals surface area contributed by atoms with E-state index in [1.165, 1.54) is 25.7 Å². The Balaban J connectivity index is 1.59. The number of nitrogens with one attached hydrogen (secondary N) is 2. The van der Waals surface area contributed by atoms with E-state index in [4.69, 9.17) is 0 Å². The van der Waals surface area contributed by atoms with Gasteiger partial charge in [-0.3, -0.25) is 4.98 Å². The highest BCUT2D eigenvalue weighted by Gasteiger charge is 2.15. The number of nitrogens with zero attached hydrogens (tertiary/aromatic N) is 4. The summed E-state index contributed by atoms with van der Waals surface area (Å²) in [5, 5.41) is 14.6. The SMILES string of the molecule is c1cncc(CNc2cnnc(NC3CCCC3)n2)c1. The minimum Gasteiger partial charge on any atom is -0.364 e. The molecule has 104 valence electrons. The monoisotopic (exact) mass is 270 g/mol. The van der Waals surface area contributed by atoms with Crippen LogP contribution in [0, 0.1) is 0 Å². The predicted octanol–water partition coefficient (Wildman–Crippen LogP) is 2.23. The molecule has 1 saturated carbocycles. The molecule has 2 N–H and O–H groups in total. The van der Waals surface area contributed by atoms with Gasteiger partial charge in [0.05, 0.1) is 6.20 Å². The quantitative estimate of drug-likeness (QED) is 0.867. The van der Waals surface area contributed by atoms with E-state index in [-0.39, 0.29) is 0 Å². The van der Waals surface area contributed by atoms with Crippen LogP contribution in [0.3, 0.4) is 0 Å². The Labute approximate surface area is 118 Å². The average molecular weight is 270 g/mol. The topological polar surface area (TPSA) is 75.6 Å². The summed E-state index contributed by atoms with van der Waals surface area (Å²) in [5.74, 6) is 1.33. The number of anilines is 2. The molecule has 0 bridgehead atoms. The summed E-state index contributed by atoms with van der Waals surface area (Å²) < 4.78 is 0. The van der Waals surface area contributed by atoms with E-state index in [2.05, 4.69) is 30.8 Å². The lowest BCUT2D eigenvalue weighted by Gasteiger charge is -2.12.